The van der Waals surface area contributed by atoms with Gasteiger partial charge in [-0.15, -0.1) is 0 Å². The highest BCUT2D eigenvalue weighted by Gasteiger charge is 2.23. The third kappa shape index (κ3) is 4.84. The second-order valence-electron chi connectivity index (χ2n) is 8.54. The minimum atomic E-state index is -0.131. The van der Waals surface area contributed by atoms with Gasteiger partial charge in [-0.25, -0.2) is 0 Å². The molecule has 1 aromatic heterocycles. The van der Waals surface area contributed by atoms with Crippen LogP contribution in [0.15, 0.2) is 23.0 Å². The van der Waals surface area contributed by atoms with Crippen molar-refractivity contribution in [2.75, 3.05) is 39.5 Å². The molecule has 8 nitrogen and oxygen atoms in total. The summed E-state index contributed by atoms with van der Waals surface area (Å²) >= 11 is 5.72. The van der Waals surface area contributed by atoms with E-state index in [2.05, 4.69) is 10.3 Å². The molecule has 172 valence electrons. The Morgan fingerprint density at radius 2 is 1.75 bits per heavy atom. The third-order valence-corrected chi connectivity index (χ3v) is 6.59. The molecule has 0 aliphatic carbocycles. The summed E-state index contributed by atoms with van der Waals surface area (Å²) in [7, 11) is 0. The molecular formula is C23H29N3O5S. The lowest BCUT2D eigenvalue weighted by Gasteiger charge is -2.29. The molecule has 0 unspecified atom stereocenters. The molecule has 5 rings (SSSR count). The molecule has 2 aromatic rings. The van der Waals surface area contributed by atoms with Gasteiger partial charge < -0.3 is 34.1 Å². The topological polar surface area (TPSA) is 85.1 Å². The van der Waals surface area contributed by atoms with Crippen molar-refractivity contribution in [3.63, 3.8) is 0 Å². The zero-order valence-electron chi connectivity index (χ0n) is 18.1. The number of aromatic nitrogens is 1. The summed E-state index contributed by atoms with van der Waals surface area (Å²) in [6.07, 6.45) is 4.50. The minimum absolute atomic E-state index is 0.120. The Labute approximate surface area is 192 Å². The van der Waals surface area contributed by atoms with E-state index in [9.17, 15) is 4.79 Å². The third-order valence-electron chi connectivity index (χ3n) is 6.19. The van der Waals surface area contributed by atoms with Crippen molar-refractivity contribution in [3.05, 3.63) is 34.1 Å². The Hall–Kier alpha value is -2.36. The maximum Gasteiger partial charge on any atom is 0.253 e. The Morgan fingerprint density at radius 1 is 1.03 bits per heavy atom. The largest absolute Gasteiger partial charge is 0.486 e. The van der Waals surface area contributed by atoms with E-state index in [0.717, 1.165) is 49.8 Å². The molecule has 2 atom stereocenters. The van der Waals surface area contributed by atoms with Gasteiger partial charge in [0.05, 0.1) is 24.3 Å². The van der Waals surface area contributed by atoms with E-state index in [-0.39, 0.29) is 17.8 Å². The number of pyridine rings is 1. The minimum Gasteiger partial charge on any atom is -0.486 e. The van der Waals surface area contributed by atoms with Crippen LogP contribution in [0.4, 0.5) is 0 Å². The van der Waals surface area contributed by atoms with Crippen LogP contribution < -0.4 is 20.3 Å². The van der Waals surface area contributed by atoms with Crippen LogP contribution in [0.3, 0.4) is 0 Å². The summed E-state index contributed by atoms with van der Waals surface area (Å²) in [5, 5.41) is 4.87. The number of fused-ring (bicyclic) bond motifs is 2. The first-order valence-electron chi connectivity index (χ1n) is 11.4. The summed E-state index contributed by atoms with van der Waals surface area (Å²) < 4.78 is 22.9. The second-order valence-corrected chi connectivity index (χ2v) is 8.93. The average molecular weight is 460 g/mol. The van der Waals surface area contributed by atoms with Gasteiger partial charge in [-0.3, -0.25) is 4.79 Å². The molecular weight excluding hydrogens is 430 g/mol. The van der Waals surface area contributed by atoms with Crippen molar-refractivity contribution in [2.45, 2.75) is 44.4 Å². The van der Waals surface area contributed by atoms with Crippen LogP contribution in [-0.4, -0.2) is 66.7 Å². The molecule has 2 N–H and O–H groups in total. The van der Waals surface area contributed by atoms with E-state index >= 15 is 0 Å². The van der Waals surface area contributed by atoms with Crippen molar-refractivity contribution >= 4 is 28.2 Å². The lowest BCUT2D eigenvalue weighted by molar-refractivity contribution is 0.0885. The predicted molar refractivity (Wildman–Crippen MR) is 125 cm³/mol. The van der Waals surface area contributed by atoms with Gasteiger partial charge in [0, 0.05) is 43.3 Å². The van der Waals surface area contributed by atoms with Crippen LogP contribution in [0.1, 0.15) is 31.2 Å². The monoisotopic (exact) mass is 459 g/mol. The van der Waals surface area contributed by atoms with Crippen molar-refractivity contribution < 1.29 is 18.9 Å². The first-order chi connectivity index (χ1) is 15.7. The molecule has 2 saturated heterocycles. The zero-order chi connectivity index (χ0) is 21.9. The van der Waals surface area contributed by atoms with Crippen LogP contribution in [0.2, 0.25) is 0 Å². The number of thiocarbonyl (C=S) groups is 1. The fraction of sp³-hybridized carbons (Fsp3) is 0.565. The number of ether oxygens (including phenoxy) is 4. The summed E-state index contributed by atoms with van der Waals surface area (Å²) in [6, 6.07) is 5.66. The maximum absolute atomic E-state index is 12.9. The number of rotatable bonds is 6. The highest BCUT2D eigenvalue weighted by molar-refractivity contribution is 7.80. The molecule has 9 heteroatoms. The van der Waals surface area contributed by atoms with E-state index < -0.39 is 0 Å². The molecule has 0 bridgehead atoms. The Kier molecular flexibility index (Phi) is 6.47. The predicted octanol–water partition coefficient (Wildman–Crippen LogP) is 2.33. The van der Waals surface area contributed by atoms with Gasteiger partial charge in [-0.05, 0) is 50.0 Å². The smallest absolute Gasteiger partial charge is 0.253 e. The average Bonchev–Trinajstić information content (AvgIpc) is 3.50. The van der Waals surface area contributed by atoms with Gasteiger partial charge in [-0.1, -0.05) is 0 Å². The van der Waals surface area contributed by atoms with E-state index in [4.69, 9.17) is 31.2 Å². The normalized spacial score (nSPS) is 22.2. The fourth-order valence-electron chi connectivity index (χ4n) is 4.48. The summed E-state index contributed by atoms with van der Waals surface area (Å²) in [5.74, 6) is 1.36. The van der Waals surface area contributed by atoms with Gasteiger partial charge in [-0.2, -0.15) is 0 Å². The van der Waals surface area contributed by atoms with Crippen molar-refractivity contribution in [2.24, 2.45) is 0 Å². The fourth-order valence-corrected chi connectivity index (χ4v) is 4.71. The zero-order valence-corrected chi connectivity index (χ0v) is 18.9. The van der Waals surface area contributed by atoms with E-state index in [1.807, 2.05) is 23.1 Å². The van der Waals surface area contributed by atoms with Crippen molar-refractivity contribution in [1.29, 1.82) is 0 Å². The number of nitrogens with one attached hydrogen (secondary N) is 2. The summed E-state index contributed by atoms with van der Waals surface area (Å²) in [5.41, 5.74) is 1.25. The van der Waals surface area contributed by atoms with Crippen molar-refractivity contribution in [3.8, 4) is 11.5 Å². The molecule has 4 heterocycles. The second kappa shape index (κ2) is 9.64. The van der Waals surface area contributed by atoms with E-state index in [1.54, 1.807) is 0 Å². The van der Waals surface area contributed by atoms with Crippen molar-refractivity contribution in [1.82, 2.24) is 15.2 Å². The molecule has 0 spiro atoms. The molecule has 0 amide bonds. The number of benzene rings is 1. The lowest BCUT2D eigenvalue weighted by atomic mass is 10.1. The molecule has 0 radical (unpaired) electrons. The van der Waals surface area contributed by atoms with Gasteiger partial charge >= 0.3 is 0 Å². The molecule has 0 saturated carbocycles. The Balaban J connectivity index is 1.36. The molecule has 32 heavy (non-hydrogen) atoms. The molecule has 3 aliphatic heterocycles. The molecule has 1 aromatic carbocycles. The highest BCUT2D eigenvalue weighted by Crippen LogP contribution is 2.33. The molecule has 2 fully saturated rings. The van der Waals surface area contributed by atoms with Crippen LogP contribution in [0.5, 0.6) is 11.5 Å². The number of hydrogen-bond donors (Lipinski definition) is 2. The first kappa shape index (κ1) is 21.5. The number of nitrogens with zero attached hydrogens (tertiary/aromatic N) is 1. The van der Waals surface area contributed by atoms with Gasteiger partial charge in [0.15, 0.2) is 16.6 Å². The van der Waals surface area contributed by atoms with Crippen LogP contribution in [0, 0.1) is 0 Å². The lowest BCUT2D eigenvalue weighted by Crippen LogP contribution is -2.45. The quantitative estimate of drug-likeness (QED) is 0.637. The Bertz CT molecular complexity index is 1030. The van der Waals surface area contributed by atoms with Gasteiger partial charge in [0.2, 0.25) is 0 Å². The van der Waals surface area contributed by atoms with E-state index in [0.29, 0.717) is 55.0 Å². The summed E-state index contributed by atoms with van der Waals surface area (Å²) in [6.45, 7) is 4.34. The number of hydrogen-bond acceptors (Lipinski definition) is 6. The van der Waals surface area contributed by atoms with Crippen LogP contribution in [0.25, 0.3) is 10.9 Å². The number of H-pyrrole nitrogens is 1. The van der Waals surface area contributed by atoms with Crippen LogP contribution >= 0.6 is 12.2 Å². The number of aromatic amines is 1. The SMILES string of the molecule is O=c1[nH]c2cc3c(cc2cc1CN(C[C@H]1CCCO1)C(=S)NC[C@@H]1CCCO1)OCCO3. The van der Waals surface area contributed by atoms with E-state index in [1.165, 1.54) is 0 Å². The van der Waals surface area contributed by atoms with Gasteiger partial charge in [0.25, 0.3) is 5.56 Å². The van der Waals surface area contributed by atoms with Gasteiger partial charge in [0.1, 0.15) is 13.2 Å². The van der Waals surface area contributed by atoms with Crippen LogP contribution in [-0.2, 0) is 16.0 Å². The highest BCUT2D eigenvalue weighted by atomic mass is 32.1. The maximum atomic E-state index is 12.9. The Morgan fingerprint density at radius 3 is 2.47 bits per heavy atom. The molecule has 3 aliphatic rings. The first-order valence-corrected chi connectivity index (χ1v) is 11.8. The standard InChI is InChI=1S/C23H29N3O5S/c27-22-16(9-15-10-20-21(11-19(15)25-22)31-8-7-30-20)13-26(14-18-4-2-6-29-18)23(32)24-12-17-3-1-5-28-17/h9-11,17-18H,1-8,12-14H2,(H,24,32)(H,25,27)/t17-,18+/m0/s1. The summed E-state index contributed by atoms with van der Waals surface area (Å²) in [4.78, 5) is 17.9.